The second-order valence-corrected chi connectivity index (χ2v) is 4.39. The van der Waals surface area contributed by atoms with Crippen LogP contribution in [0.15, 0.2) is 36.7 Å². The van der Waals surface area contributed by atoms with Gasteiger partial charge in [0.2, 0.25) is 5.88 Å². The van der Waals surface area contributed by atoms with E-state index >= 15 is 0 Å². The van der Waals surface area contributed by atoms with Gasteiger partial charge in [0.25, 0.3) is 5.91 Å². The van der Waals surface area contributed by atoms with Gasteiger partial charge in [0, 0.05) is 25.0 Å². The van der Waals surface area contributed by atoms with E-state index in [1.54, 1.807) is 37.7 Å². The maximum absolute atomic E-state index is 11.8. The van der Waals surface area contributed by atoms with Crippen molar-refractivity contribution in [3.05, 3.63) is 53.5 Å². The van der Waals surface area contributed by atoms with E-state index in [2.05, 4.69) is 15.3 Å². The molecule has 1 N–H and O–H groups in total. The number of aromatic nitrogens is 2. The second kappa shape index (κ2) is 5.13. The molecule has 5 nitrogen and oxygen atoms in total. The summed E-state index contributed by atoms with van der Waals surface area (Å²) in [5.74, 6) is 0.487. The van der Waals surface area contributed by atoms with Crippen molar-refractivity contribution in [2.75, 3.05) is 13.7 Å². The zero-order valence-corrected chi connectivity index (χ0v) is 11.0. The minimum atomic E-state index is -0.0851. The van der Waals surface area contributed by atoms with Crippen molar-refractivity contribution in [1.29, 1.82) is 0 Å². The summed E-state index contributed by atoms with van der Waals surface area (Å²) in [5, 5.41) is 2.84. The highest BCUT2D eigenvalue weighted by molar-refractivity contribution is 6.04. The van der Waals surface area contributed by atoms with Gasteiger partial charge in [-0.05, 0) is 35.4 Å². The second-order valence-electron chi connectivity index (χ2n) is 4.39. The number of fused-ring (bicyclic) bond motifs is 1. The van der Waals surface area contributed by atoms with Crippen molar-refractivity contribution in [1.82, 2.24) is 15.3 Å². The maximum atomic E-state index is 11.8. The summed E-state index contributed by atoms with van der Waals surface area (Å²) < 4.78 is 5.03. The number of pyridine rings is 2. The predicted octanol–water partition coefficient (Wildman–Crippen LogP) is 1.77. The SMILES string of the molecule is COc1ccc(/C=C2\CNC(=O)c3cccnc32)cn1. The normalized spacial score (nSPS) is 15.7. The van der Waals surface area contributed by atoms with Crippen molar-refractivity contribution in [3.8, 4) is 5.88 Å². The minimum absolute atomic E-state index is 0.0851. The van der Waals surface area contributed by atoms with E-state index in [0.717, 1.165) is 16.8 Å². The molecule has 1 amide bonds. The van der Waals surface area contributed by atoms with Gasteiger partial charge in [-0.3, -0.25) is 9.78 Å². The minimum Gasteiger partial charge on any atom is -0.481 e. The highest BCUT2D eigenvalue weighted by Gasteiger charge is 2.20. The first-order valence-corrected chi connectivity index (χ1v) is 6.22. The first-order valence-electron chi connectivity index (χ1n) is 6.22. The number of rotatable bonds is 2. The number of hydrogen-bond acceptors (Lipinski definition) is 4. The van der Waals surface area contributed by atoms with Crippen LogP contribution in [0.1, 0.15) is 21.6 Å². The molecule has 3 rings (SSSR count). The van der Waals surface area contributed by atoms with Crippen molar-refractivity contribution in [2.45, 2.75) is 0 Å². The largest absolute Gasteiger partial charge is 0.481 e. The van der Waals surface area contributed by atoms with Crippen molar-refractivity contribution >= 4 is 17.6 Å². The Morgan fingerprint density at radius 3 is 2.95 bits per heavy atom. The molecule has 2 aromatic rings. The molecule has 1 aliphatic rings. The first kappa shape index (κ1) is 12.3. The van der Waals surface area contributed by atoms with Crippen LogP contribution < -0.4 is 10.1 Å². The first-order chi connectivity index (χ1) is 9.78. The molecule has 0 aromatic carbocycles. The predicted molar refractivity (Wildman–Crippen MR) is 75.2 cm³/mol. The zero-order valence-electron chi connectivity index (χ0n) is 11.0. The molecule has 0 unspecified atom stereocenters. The highest BCUT2D eigenvalue weighted by Crippen LogP contribution is 2.23. The molecule has 0 saturated heterocycles. The number of ether oxygens (including phenoxy) is 1. The number of nitrogens with one attached hydrogen (secondary N) is 1. The van der Waals surface area contributed by atoms with Crippen LogP contribution in [-0.4, -0.2) is 29.5 Å². The van der Waals surface area contributed by atoms with Crippen LogP contribution in [0.3, 0.4) is 0 Å². The molecule has 0 saturated carbocycles. The third-order valence-corrected chi connectivity index (χ3v) is 3.11. The quantitative estimate of drug-likeness (QED) is 0.900. The van der Waals surface area contributed by atoms with E-state index in [-0.39, 0.29) is 5.91 Å². The fourth-order valence-corrected chi connectivity index (χ4v) is 2.12. The van der Waals surface area contributed by atoms with E-state index in [9.17, 15) is 4.79 Å². The molecule has 3 heterocycles. The molecule has 0 fully saturated rings. The Morgan fingerprint density at radius 2 is 2.20 bits per heavy atom. The van der Waals surface area contributed by atoms with Crippen LogP contribution in [0.5, 0.6) is 5.88 Å². The summed E-state index contributed by atoms with van der Waals surface area (Å²) >= 11 is 0. The fourth-order valence-electron chi connectivity index (χ4n) is 2.12. The Bertz CT molecular complexity index is 678. The molecule has 20 heavy (non-hydrogen) atoms. The molecule has 0 radical (unpaired) electrons. The van der Waals surface area contributed by atoms with E-state index in [1.165, 1.54) is 0 Å². The van der Waals surface area contributed by atoms with Crippen LogP contribution in [0.2, 0.25) is 0 Å². The zero-order chi connectivity index (χ0) is 13.9. The van der Waals surface area contributed by atoms with Crippen LogP contribution in [0.25, 0.3) is 11.6 Å². The van der Waals surface area contributed by atoms with Crippen molar-refractivity contribution in [3.63, 3.8) is 0 Å². The molecular formula is C15H13N3O2. The van der Waals surface area contributed by atoms with Crippen molar-refractivity contribution in [2.24, 2.45) is 0 Å². The van der Waals surface area contributed by atoms with Gasteiger partial charge >= 0.3 is 0 Å². The average molecular weight is 267 g/mol. The van der Waals surface area contributed by atoms with Crippen LogP contribution >= 0.6 is 0 Å². The number of hydrogen-bond donors (Lipinski definition) is 1. The summed E-state index contributed by atoms with van der Waals surface area (Å²) in [5.41, 5.74) is 3.24. The standard InChI is InChI=1S/C15H13N3O2/c1-20-13-5-4-10(8-17-13)7-11-9-18-15(19)12-3-2-6-16-14(11)12/h2-8H,9H2,1H3,(H,18,19)/b11-7+. The van der Waals surface area contributed by atoms with Crippen LogP contribution in [0, 0.1) is 0 Å². The number of nitrogens with zero attached hydrogens (tertiary/aromatic N) is 2. The summed E-state index contributed by atoms with van der Waals surface area (Å²) in [6.45, 7) is 0.467. The molecule has 5 heteroatoms. The third-order valence-electron chi connectivity index (χ3n) is 3.11. The lowest BCUT2D eigenvalue weighted by Gasteiger charge is -2.18. The number of methoxy groups -OCH3 is 1. The number of carbonyl (C=O) groups is 1. The Labute approximate surface area is 116 Å². The molecule has 100 valence electrons. The van der Waals surface area contributed by atoms with Gasteiger partial charge in [-0.15, -0.1) is 0 Å². The molecular weight excluding hydrogens is 254 g/mol. The number of carbonyl (C=O) groups excluding carboxylic acids is 1. The highest BCUT2D eigenvalue weighted by atomic mass is 16.5. The number of amides is 1. The fraction of sp³-hybridized carbons (Fsp3) is 0.133. The lowest BCUT2D eigenvalue weighted by Crippen LogP contribution is -2.31. The Balaban J connectivity index is 1.99. The molecule has 2 aromatic heterocycles. The summed E-state index contributed by atoms with van der Waals surface area (Å²) in [4.78, 5) is 20.2. The molecule has 0 atom stereocenters. The Kier molecular flexibility index (Phi) is 3.16. The van der Waals surface area contributed by atoms with Gasteiger partial charge in [0.15, 0.2) is 0 Å². The Hall–Kier alpha value is -2.69. The van der Waals surface area contributed by atoms with E-state index in [0.29, 0.717) is 18.0 Å². The van der Waals surface area contributed by atoms with Crippen LogP contribution in [-0.2, 0) is 0 Å². The van der Waals surface area contributed by atoms with Gasteiger partial charge in [0.1, 0.15) is 0 Å². The molecule has 0 bridgehead atoms. The van der Waals surface area contributed by atoms with Gasteiger partial charge < -0.3 is 10.1 Å². The average Bonchev–Trinajstić information content (AvgIpc) is 2.51. The monoisotopic (exact) mass is 267 g/mol. The summed E-state index contributed by atoms with van der Waals surface area (Å²) in [6, 6.07) is 7.25. The van der Waals surface area contributed by atoms with Gasteiger partial charge in [-0.2, -0.15) is 0 Å². The van der Waals surface area contributed by atoms with Gasteiger partial charge in [-0.25, -0.2) is 4.98 Å². The molecule has 1 aliphatic heterocycles. The topological polar surface area (TPSA) is 64.1 Å². The summed E-state index contributed by atoms with van der Waals surface area (Å²) in [6.07, 6.45) is 5.39. The summed E-state index contributed by atoms with van der Waals surface area (Å²) in [7, 11) is 1.58. The van der Waals surface area contributed by atoms with Crippen molar-refractivity contribution < 1.29 is 9.53 Å². The molecule has 0 spiro atoms. The van der Waals surface area contributed by atoms with Crippen LogP contribution in [0.4, 0.5) is 0 Å². The van der Waals surface area contributed by atoms with E-state index < -0.39 is 0 Å². The Morgan fingerprint density at radius 1 is 1.30 bits per heavy atom. The van der Waals surface area contributed by atoms with E-state index in [4.69, 9.17) is 4.74 Å². The van der Waals surface area contributed by atoms with E-state index in [1.807, 2.05) is 12.1 Å². The van der Waals surface area contributed by atoms with Gasteiger partial charge in [-0.1, -0.05) is 0 Å². The molecule has 0 aliphatic carbocycles. The lowest BCUT2D eigenvalue weighted by molar-refractivity contribution is 0.0954. The third kappa shape index (κ3) is 2.25. The van der Waals surface area contributed by atoms with Gasteiger partial charge in [0.05, 0.1) is 18.4 Å². The smallest absolute Gasteiger partial charge is 0.253 e. The maximum Gasteiger partial charge on any atom is 0.253 e. The lowest BCUT2D eigenvalue weighted by atomic mass is 10.00.